The van der Waals surface area contributed by atoms with Gasteiger partial charge >= 0.3 is 5.97 Å². The van der Waals surface area contributed by atoms with Gasteiger partial charge in [-0.1, -0.05) is 29.8 Å². The number of benzene rings is 1. The van der Waals surface area contributed by atoms with Crippen molar-refractivity contribution in [2.24, 2.45) is 5.73 Å². The SMILES string of the molecule is CCOC(=O)C1=C(COCCN)NC=C(C(=O)CO)C1c1ccccc1Cl. The molecule has 0 fully saturated rings. The maximum Gasteiger partial charge on any atom is 0.336 e. The van der Waals surface area contributed by atoms with Gasteiger partial charge in [0, 0.05) is 29.3 Å². The summed E-state index contributed by atoms with van der Waals surface area (Å²) in [7, 11) is 0. The van der Waals surface area contributed by atoms with Crippen LogP contribution in [0.5, 0.6) is 0 Å². The molecule has 0 amide bonds. The van der Waals surface area contributed by atoms with Crippen molar-refractivity contribution in [3.63, 3.8) is 0 Å². The molecule has 1 atom stereocenters. The Kier molecular flexibility index (Phi) is 7.99. The van der Waals surface area contributed by atoms with Crippen molar-refractivity contribution < 1.29 is 24.2 Å². The number of hydrogen-bond acceptors (Lipinski definition) is 7. The van der Waals surface area contributed by atoms with Gasteiger partial charge in [-0.2, -0.15) is 0 Å². The van der Waals surface area contributed by atoms with E-state index in [0.29, 0.717) is 29.4 Å². The topological polar surface area (TPSA) is 111 Å². The normalized spacial score (nSPS) is 16.6. The first-order chi connectivity index (χ1) is 13.0. The molecule has 7 nitrogen and oxygen atoms in total. The molecule has 1 aromatic carbocycles. The molecule has 27 heavy (non-hydrogen) atoms. The number of carbonyl (C=O) groups excluding carboxylic acids is 2. The molecule has 4 N–H and O–H groups in total. The van der Waals surface area contributed by atoms with Crippen molar-refractivity contribution in [3.8, 4) is 0 Å². The first-order valence-corrected chi connectivity index (χ1v) is 8.95. The fourth-order valence-corrected chi connectivity index (χ4v) is 3.09. The third kappa shape index (κ3) is 4.95. The lowest BCUT2D eigenvalue weighted by molar-refractivity contribution is -0.138. The lowest BCUT2D eigenvalue weighted by Gasteiger charge is -2.29. The third-order valence-electron chi connectivity index (χ3n) is 4.01. The molecule has 2 rings (SSSR count). The van der Waals surface area contributed by atoms with Crippen molar-refractivity contribution in [1.82, 2.24) is 5.32 Å². The second kappa shape index (κ2) is 10.2. The van der Waals surface area contributed by atoms with Gasteiger partial charge in [-0.25, -0.2) is 4.79 Å². The van der Waals surface area contributed by atoms with E-state index in [4.69, 9.17) is 26.8 Å². The summed E-state index contributed by atoms with van der Waals surface area (Å²) in [6, 6.07) is 6.92. The molecule has 1 aliphatic heterocycles. The molecule has 1 unspecified atom stereocenters. The van der Waals surface area contributed by atoms with Crippen LogP contribution in [0.1, 0.15) is 18.4 Å². The van der Waals surface area contributed by atoms with Crippen molar-refractivity contribution >= 4 is 23.4 Å². The lowest BCUT2D eigenvalue weighted by atomic mass is 9.80. The maximum absolute atomic E-state index is 12.7. The second-order valence-corrected chi connectivity index (χ2v) is 6.14. The monoisotopic (exact) mass is 394 g/mol. The zero-order valence-corrected chi connectivity index (χ0v) is 15.8. The summed E-state index contributed by atoms with van der Waals surface area (Å²) in [6.07, 6.45) is 1.47. The number of hydrogen-bond donors (Lipinski definition) is 3. The number of nitrogens with two attached hydrogens (primary N) is 1. The van der Waals surface area contributed by atoms with Gasteiger partial charge < -0.3 is 25.6 Å². The summed E-state index contributed by atoms with van der Waals surface area (Å²) >= 11 is 6.35. The van der Waals surface area contributed by atoms with Crippen LogP contribution in [0.15, 0.2) is 47.3 Å². The van der Waals surface area contributed by atoms with E-state index in [9.17, 15) is 14.7 Å². The molecule has 0 bridgehead atoms. The van der Waals surface area contributed by atoms with E-state index >= 15 is 0 Å². The van der Waals surface area contributed by atoms with Gasteiger partial charge in [0.1, 0.15) is 6.61 Å². The summed E-state index contributed by atoms with van der Waals surface area (Å²) in [5.41, 5.74) is 6.91. The minimum atomic E-state index is -0.782. The Balaban J connectivity index is 2.59. The molecular weight excluding hydrogens is 372 g/mol. The van der Waals surface area contributed by atoms with Gasteiger partial charge in [-0.15, -0.1) is 0 Å². The zero-order valence-electron chi connectivity index (χ0n) is 15.0. The predicted octanol–water partition coefficient (Wildman–Crippen LogP) is 1.26. The molecular formula is C19H23ClN2O5. The molecule has 1 aromatic rings. The largest absolute Gasteiger partial charge is 0.463 e. The number of carbonyl (C=O) groups is 2. The summed E-state index contributed by atoms with van der Waals surface area (Å²) in [5.74, 6) is -1.89. The van der Waals surface area contributed by atoms with Crippen LogP contribution in [-0.2, 0) is 19.1 Å². The number of dihydropyridines is 1. The highest BCUT2D eigenvalue weighted by atomic mass is 35.5. The highest BCUT2D eigenvalue weighted by Gasteiger charge is 2.36. The van der Waals surface area contributed by atoms with Crippen LogP contribution in [0.3, 0.4) is 0 Å². The van der Waals surface area contributed by atoms with Crippen LogP contribution in [0.2, 0.25) is 5.02 Å². The Hall–Kier alpha value is -2.19. The van der Waals surface area contributed by atoms with E-state index in [1.54, 1.807) is 31.2 Å². The van der Waals surface area contributed by atoms with Gasteiger partial charge in [0.05, 0.1) is 31.1 Å². The number of aliphatic hydroxyl groups is 1. The Morgan fingerprint density at radius 2 is 2.07 bits per heavy atom. The lowest BCUT2D eigenvalue weighted by Crippen LogP contribution is -2.32. The van der Waals surface area contributed by atoms with Crippen LogP contribution in [0, 0.1) is 0 Å². The Labute approximate surface area is 162 Å². The number of Topliss-reactive ketones (excluding diaryl/α,β-unsaturated/α-hetero) is 1. The number of ether oxygens (including phenoxy) is 2. The first kappa shape index (κ1) is 21.1. The molecule has 0 radical (unpaired) electrons. The number of esters is 1. The van der Waals surface area contributed by atoms with E-state index in [1.165, 1.54) is 6.20 Å². The quantitative estimate of drug-likeness (QED) is 0.427. The van der Waals surface area contributed by atoms with Crippen molar-refractivity contribution in [3.05, 3.63) is 57.9 Å². The molecule has 0 saturated heterocycles. The number of ketones is 1. The highest BCUT2D eigenvalue weighted by Crippen LogP contribution is 2.39. The van der Waals surface area contributed by atoms with Crippen LogP contribution < -0.4 is 11.1 Å². The third-order valence-corrected chi connectivity index (χ3v) is 4.36. The molecule has 8 heteroatoms. The molecule has 1 aliphatic rings. The first-order valence-electron chi connectivity index (χ1n) is 8.58. The highest BCUT2D eigenvalue weighted by molar-refractivity contribution is 6.31. The molecule has 146 valence electrons. The minimum Gasteiger partial charge on any atom is -0.463 e. The molecule has 0 spiro atoms. The molecule has 0 saturated carbocycles. The van der Waals surface area contributed by atoms with Gasteiger partial charge in [-0.3, -0.25) is 4.79 Å². The van der Waals surface area contributed by atoms with E-state index in [-0.39, 0.29) is 24.4 Å². The van der Waals surface area contributed by atoms with E-state index in [0.717, 1.165) is 0 Å². The van der Waals surface area contributed by atoms with E-state index in [1.807, 2.05) is 0 Å². The van der Waals surface area contributed by atoms with Crippen LogP contribution in [0.4, 0.5) is 0 Å². The Bertz CT molecular complexity index is 760. The van der Waals surface area contributed by atoms with Crippen LogP contribution in [-0.4, -0.2) is 49.8 Å². The van der Waals surface area contributed by atoms with E-state index in [2.05, 4.69) is 5.32 Å². The van der Waals surface area contributed by atoms with Crippen molar-refractivity contribution in [2.75, 3.05) is 33.0 Å². The minimum absolute atomic E-state index is 0.0867. The van der Waals surface area contributed by atoms with Crippen molar-refractivity contribution in [1.29, 1.82) is 0 Å². The van der Waals surface area contributed by atoms with Crippen LogP contribution >= 0.6 is 11.6 Å². The average molecular weight is 395 g/mol. The smallest absolute Gasteiger partial charge is 0.336 e. The Morgan fingerprint density at radius 3 is 2.70 bits per heavy atom. The molecule has 1 heterocycles. The summed E-state index contributed by atoms with van der Waals surface area (Å²) in [4.78, 5) is 25.1. The second-order valence-electron chi connectivity index (χ2n) is 5.73. The number of halogens is 1. The number of rotatable bonds is 9. The van der Waals surface area contributed by atoms with Gasteiger partial charge in [-0.05, 0) is 18.6 Å². The van der Waals surface area contributed by atoms with Gasteiger partial charge in [0.25, 0.3) is 0 Å². The standard InChI is InChI=1S/C19H23ClN2O5/c1-2-27-19(25)18-15(11-26-8-7-21)22-9-13(16(24)10-23)17(18)12-5-3-4-6-14(12)20/h3-6,9,17,22-23H,2,7-8,10-11,21H2,1H3. The number of nitrogens with one attached hydrogen (secondary N) is 1. The molecule has 0 aromatic heterocycles. The summed E-state index contributed by atoms with van der Waals surface area (Å²) in [6.45, 7) is 1.90. The fraction of sp³-hybridized carbons (Fsp3) is 0.368. The molecule has 0 aliphatic carbocycles. The van der Waals surface area contributed by atoms with E-state index < -0.39 is 24.3 Å². The summed E-state index contributed by atoms with van der Waals surface area (Å²) in [5, 5.41) is 12.7. The Morgan fingerprint density at radius 1 is 1.33 bits per heavy atom. The predicted molar refractivity (Wildman–Crippen MR) is 101 cm³/mol. The maximum atomic E-state index is 12.7. The van der Waals surface area contributed by atoms with Gasteiger partial charge in [0.2, 0.25) is 0 Å². The zero-order chi connectivity index (χ0) is 19.8. The number of aliphatic hydroxyl groups excluding tert-OH is 1. The fourth-order valence-electron chi connectivity index (χ4n) is 2.85. The van der Waals surface area contributed by atoms with Crippen LogP contribution in [0.25, 0.3) is 0 Å². The van der Waals surface area contributed by atoms with Gasteiger partial charge in [0.15, 0.2) is 5.78 Å². The summed E-state index contributed by atoms with van der Waals surface area (Å²) < 4.78 is 10.7. The van der Waals surface area contributed by atoms with Crippen molar-refractivity contribution in [2.45, 2.75) is 12.8 Å². The average Bonchev–Trinajstić information content (AvgIpc) is 2.67.